The maximum absolute atomic E-state index is 12.9. The number of carbonyl (C=O) groups excluding carboxylic acids is 2. The summed E-state index contributed by atoms with van der Waals surface area (Å²) in [6.07, 6.45) is 0. The zero-order valence-corrected chi connectivity index (χ0v) is 17.0. The topological polar surface area (TPSA) is 89.5 Å². The molecule has 0 aliphatic carbocycles. The van der Waals surface area contributed by atoms with Gasteiger partial charge in [0.05, 0.1) is 22.9 Å². The van der Waals surface area contributed by atoms with Gasteiger partial charge in [-0.3, -0.25) is 14.7 Å². The number of aromatic nitrogens is 2. The molecule has 3 rings (SSSR count). The second-order valence-electron chi connectivity index (χ2n) is 7.16. The van der Waals surface area contributed by atoms with E-state index in [2.05, 4.69) is 10.2 Å². The molecule has 1 saturated heterocycles. The van der Waals surface area contributed by atoms with Gasteiger partial charge in [0.1, 0.15) is 5.76 Å². The number of ketones is 1. The minimum atomic E-state index is -0.698. The number of rotatable bonds is 5. The fraction of sp³-hybridized carbons (Fsp3) is 0.350. The Bertz CT molecular complexity index is 927. The number of likely N-dealkylation sites (N-methyl/N-ethyl adjacent to an activating group) is 1. The third-order valence-corrected chi connectivity index (χ3v) is 5.13. The molecule has 1 aromatic heterocycles. The fourth-order valence-electron chi connectivity index (χ4n) is 3.44. The number of halogens is 1. The molecule has 148 valence electrons. The number of Topliss-reactive ketones (excluding diaryl/α,β-unsaturated/α-hetero) is 1. The highest BCUT2D eigenvalue weighted by Gasteiger charge is 2.46. The highest BCUT2D eigenvalue weighted by Crippen LogP contribution is 2.40. The molecule has 1 fully saturated rings. The second kappa shape index (κ2) is 7.77. The lowest BCUT2D eigenvalue weighted by molar-refractivity contribution is -0.140. The number of H-pyrrole nitrogens is 1. The van der Waals surface area contributed by atoms with Crippen LogP contribution in [0.25, 0.3) is 5.76 Å². The average Bonchev–Trinajstić information content (AvgIpc) is 3.10. The SMILES string of the molecule is Cc1n[nH]c(C)c1/C(O)=C1\C(=O)C(=O)N(CCN(C)C)[C@@H]1c1ccc(Cl)cc1. The molecule has 0 radical (unpaired) electrons. The summed E-state index contributed by atoms with van der Waals surface area (Å²) in [5.74, 6) is -1.53. The predicted octanol–water partition coefficient (Wildman–Crippen LogP) is 2.66. The summed E-state index contributed by atoms with van der Waals surface area (Å²) < 4.78 is 0. The first-order valence-electron chi connectivity index (χ1n) is 8.93. The van der Waals surface area contributed by atoms with Crippen LogP contribution in [0.1, 0.15) is 28.6 Å². The molecule has 1 aromatic carbocycles. The zero-order chi connectivity index (χ0) is 20.6. The second-order valence-corrected chi connectivity index (χ2v) is 7.59. The van der Waals surface area contributed by atoms with Crippen molar-refractivity contribution in [1.29, 1.82) is 0 Å². The van der Waals surface area contributed by atoms with Crippen molar-refractivity contribution in [3.63, 3.8) is 0 Å². The Hall–Kier alpha value is -2.64. The fourth-order valence-corrected chi connectivity index (χ4v) is 3.57. The molecular weight excluding hydrogens is 380 g/mol. The van der Waals surface area contributed by atoms with Crippen LogP contribution < -0.4 is 0 Å². The number of aromatic amines is 1. The molecule has 0 spiro atoms. The molecule has 1 atom stereocenters. The molecule has 2 heterocycles. The van der Waals surface area contributed by atoms with Crippen molar-refractivity contribution in [2.24, 2.45) is 0 Å². The molecule has 2 aromatic rings. The number of benzene rings is 1. The first-order valence-corrected chi connectivity index (χ1v) is 9.30. The third kappa shape index (κ3) is 3.55. The quantitative estimate of drug-likeness (QED) is 0.456. The molecule has 2 N–H and O–H groups in total. The van der Waals surface area contributed by atoms with E-state index in [1.807, 2.05) is 19.0 Å². The third-order valence-electron chi connectivity index (χ3n) is 4.88. The van der Waals surface area contributed by atoms with Gasteiger partial charge in [0, 0.05) is 23.8 Å². The van der Waals surface area contributed by atoms with Crippen molar-refractivity contribution in [2.75, 3.05) is 27.2 Å². The Morgan fingerprint density at radius 3 is 2.43 bits per heavy atom. The van der Waals surface area contributed by atoms with Crippen molar-refractivity contribution in [2.45, 2.75) is 19.9 Å². The first-order chi connectivity index (χ1) is 13.2. The number of carbonyl (C=O) groups is 2. The minimum absolute atomic E-state index is 0.0682. The van der Waals surface area contributed by atoms with Crippen molar-refractivity contribution in [3.8, 4) is 0 Å². The Kier molecular flexibility index (Phi) is 5.58. The molecule has 0 saturated carbocycles. The summed E-state index contributed by atoms with van der Waals surface area (Å²) in [5.41, 5.74) is 2.42. The van der Waals surface area contributed by atoms with E-state index < -0.39 is 17.7 Å². The van der Waals surface area contributed by atoms with Crippen molar-refractivity contribution in [3.05, 3.63) is 57.4 Å². The van der Waals surface area contributed by atoms with Gasteiger partial charge in [-0.15, -0.1) is 0 Å². The van der Waals surface area contributed by atoms with E-state index in [9.17, 15) is 14.7 Å². The lowest BCUT2D eigenvalue weighted by atomic mass is 9.95. The molecule has 28 heavy (non-hydrogen) atoms. The van der Waals surface area contributed by atoms with Crippen LogP contribution >= 0.6 is 11.6 Å². The van der Waals surface area contributed by atoms with E-state index in [1.54, 1.807) is 38.1 Å². The van der Waals surface area contributed by atoms with Gasteiger partial charge in [-0.2, -0.15) is 5.10 Å². The van der Waals surface area contributed by atoms with Gasteiger partial charge < -0.3 is 14.9 Å². The number of nitrogens with one attached hydrogen (secondary N) is 1. The van der Waals surface area contributed by atoms with Crippen molar-refractivity contribution >= 4 is 29.1 Å². The molecule has 1 aliphatic heterocycles. The lowest BCUT2D eigenvalue weighted by Gasteiger charge is -2.26. The van der Waals surface area contributed by atoms with E-state index in [-0.39, 0.29) is 11.3 Å². The van der Waals surface area contributed by atoms with Gasteiger partial charge in [0.25, 0.3) is 11.7 Å². The molecule has 0 unspecified atom stereocenters. The number of likely N-dealkylation sites (tertiary alicyclic amines) is 1. The molecule has 1 aliphatic rings. The monoisotopic (exact) mass is 402 g/mol. The highest BCUT2D eigenvalue weighted by molar-refractivity contribution is 6.46. The summed E-state index contributed by atoms with van der Waals surface area (Å²) in [7, 11) is 3.79. The Morgan fingerprint density at radius 1 is 1.25 bits per heavy atom. The smallest absolute Gasteiger partial charge is 0.295 e. The van der Waals surface area contributed by atoms with Gasteiger partial charge in [-0.05, 0) is 45.6 Å². The zero-order valence-electron chi connectivity index (χ0n) is 16.3. The maximum Gasteiger partial charge on any atom is 0.295 e. The number of hydrogen-bond acceptors (Lipinski definition) is 5. The normalized spacial score (nSPS) is 19.1. The van der Waals surface area contributed by atoms with Crippen LogP contribution in [0, 0.1) is 13.8 Å². The Balaban J connectivity index is 2.18. The van der Waals surface area contributed by atoms with Crippen LogP contribution in [0.3, 0.4) is 0 Å². The van der Waals surface area contributed by atoms with Crippen molar-refractivity contribution < 1.29 is 14.7 Å². The van der Waals surface area contributed by atoms with Crippen molar-refractivity contribution in [1.82, 2.24) is 20.0 Å². The van der Waals surface area contributed by atoms with E-state index in [1.165, 1.54) is 4.90 Å². The standard InChI is InChI=1S/C20H23ClN4O3/c1-11-15(12(2)23-22-11)18(26)16-17(13-5-7-14(21)8-6-13)25(10-9-24(3)4)20(28)19(16)27/h5-8,17,26H,9-10H2,1-4H3,(H,22,23)/b18-16+/t17-/m1/s1. The summed E-state index contributed by atoms with van der Waals surface area (Å²) in [6.45, 7) is 4.43. The number of aliphatic hydroxyl groups excluding tert-OH is 1. The predicted molar refractivity (Wildman–Crippen MR) is 107 cm³/mol. The summed E-state index contributed by atoms with van der Waals surface area (Å²) in [5, 5.41) is 18.5. The van der Waals surface area contributed by atoms with Crippen LogP contribution in [0.5, 0.6) is 0 Å². The summed E-state index contributed by atoms with van der Waals surface area (Å²) in [4.78, 5) is 29.1. The first kappa shape index (κ1) is 20.1. The number of hydrogen-bond donors (Lipinski definition) is 2. The van der Waals surface area contributed by atoms with E-state index >= 15 is 0 Å². The average molecular weight is 403 g/mol. The summed E-state index contributed by atoms with van der Waals surface area (Å²) in [6, 6.07) is 6.26. The largest absolute Gasteiger partial charge is 0.507 e. The Labute approximate surface area is 168 Å². The van der Waals surface area contributed by atoms with Gasteiger partial charge in [0.2, 0.25) is 0 Å². The van der Waals surface area contributed by atoms with Crippen LogP contribution in [-0.2, 0) is 9.59 Å². The maximum atomic E-state index is 12.9. The van der Waals surface area contributed by atoms with E-state index in [0.717, 1.165) is 0 Å². The number of nitrogens with zero attached hydrogens (tertiary/aromatic N) is 3. The molecule has 1 amide bonds. The lowest BCUT2D eigenvalue weighted by Crippen LogP contribution is -2.35. The van der Waals surface area contributed by atoms with Crippen LogP contribution in [0.2, 0.25) is 5.02 Å². The Morgan fingerprint density at radius 2 is 1.89 bits per heavy atom. The van der Waals surface area contributed by atoms with Crippen LogP contribution in [0.15, 0.2) is 29.8 Å². The van der Waals surface area contributed by atoms with Gasteiger partial charge in [-0.1, -0.05) is 23.7 Å². The van der Waals surface area contributed by atoms with Gasteiger partial charge in [0.15, 0.2) is 0 Å². The number of amides is 1. The molecule has 0 bridgehead atoms. The van der Waals surface area contributed by atoms with Crippen LogP contribution in [-0.4, -0.2) is 64.0 Å². The highest BCUT2D eigenvalue weighted by atomic mass is 35.5. The van der Waals surface area contributed by atoms with Gasteiger partial charge >= 0.3 is 0 Å². The number of aryl methyl sites for hydroxylation is 2. The van der Waals surface area contributed by atoms with Gasteiger partial charge in [-0.25, -0.2) is 0 Å². The van der Waals surface area contributed by atoms with E-state index in [4.69, 9.17) is 11.6 Å². The molecule has 8 heteroatoms. The number of aliphatic hydroxyl groups is 1. The summed E-state index contributed by atoms with van der Waals surface area (Å²) >= 11 is 6.01. The molecule has 7 nitrogen and oxygen atoms in total. The van der Waals surface area contributed by atoms with Crippen LogP contribution in [0.4, 0.5) is 0 Å². The minimum Gasteiger partial charge on any atom is -0.507 e. The van der Waals surface area contributed by atoms with E-state index in [0.29, 0.717) is 40.6 Å². The molecular formula is C20H23ClN4O3.